The Kier molecular flexibility index (Phi) is 93.7. The fourth-order valence-corrected chi connectivity index (χ4v) is 0. The van der Waals surface area contributed by atoms with Gasteiger partial charge in [-0.15, -0.1) is 0 Å². The molecular weight excluding hydrogens is 306 g/mol. The normalized spacial score (nSPS) is 5.29. The number of hydrogen-bond acceptors (Lipinski definition) is 9. The van der Waals surface area contributed by atoms with Gasteiger partial charge in [-0.1, -0.05) is 0 Å². The number of rotatable bonds is 0. The van der Waals surface area contributed by atoms with Gasteiger partial charge in [0.05, 0.1) is 0 Å². The molecule has 0 amide bonds. The number of carbonyl (C=O) groups is 3. The summed E-state index contributed by atoms with van der Waals surface area (Å²) in [4.78, 5) is 51.4. The quantitative estimate of drug-likeness (QED) is 0.181. The van der Waals surface area contributed by atoms with Crippen LogP contribution in [0.5, 0.6) is 0 Å². The van der Waals surface area contributed by atoms with Gasteiger partial charge in [0.1, 0.15) is 0 Å². The summed E-state index contributed by atoms with van der Waals surface area (Å²) < 4.78 is 0. The van der Waals surface area contributed by atoms with Crippen molar-refractivity contribution >= 4 is 17.9 Å². The molecule has 0 aromatic carbocycles. The molecule has 15 nitrogen and oxygen atoms in total. The van der Waals surface area contributed by atoms with E-state index in [1.807, 2.05) is 0 Å². The molecule has 15 heteroatoms. The van der Waals surface area contributed by atoms with Crippen molar-refractivity contribution in [3.8, 4) is 0 Å². The molecule has 6 N–H and O–H groups in total. The molecule has 21 heavy (non-hydrogen) atoms. The molecule has 0 rings (SSSR count). The number of nitrogens with one attached hydrogen (secondary N) is 3. The monoisotopic (exact) mass is 321 g/mol. The second-order valence-electron chi connectivity index (χ2n) is 1.81. The van der Waals surface area contributed by atoms with Crippen molar-refractivity contribution in [2.45, 2.75) is 20.8 Å². The molecule has 0 aliphatic carbocycles. The fourth-order valence-electron chi connectivity index (χ4n) is 0. The van der Waals surface area contributed by atoms with Crippen molar-refractivity contribution in [2.24, 2.45) is 0 Å². The van der Waals surface area contributed by atoms with Crippen LogP contribution in [0.15, 0.2) is 0 Å². The van der Waals surface area contributed by atoms with Crippen LogP contribution in [0.3, 0.4) is 0 Å². The minimum Gasteiger partial charge on any atom is -0.481 e. The third-order valence-electron chi connectivity index (χ3n) is 0. The Morgan fingerprint density at radius 3 is 0.619 bits per heavy atom. The van der Waals surface area contributed by atoms with Crippen LogP contribution in [0.1, 0.15) is 20.8 Å². The highest BCUT2D eigenvalue weighted by Gasteiger charge is 1.66. The highest BCUT2D eigenvalue weighted by Crippen LogP contribution is 1.42. The Morgan fingerprint density at radius 1 is 0.619 bits per heavy atom. The van der Waals surface area contributed by atoms with Crippen LogP contribution in [-0.4, -0.2) is 33.2 Å². The van der Waals surface area contributed by atoms with Crippen LogP contribution in [0.25, 0.3) is 0 Å². The van der Waals surface area contributed by atoms with E-state index in [9.17, 15) is 0 Å². The van der Waals surface area contributed by atoms with E-state index in [2.05, 4.69) is 0 Å². The van der Waals surface area contributed by atoms with Gasteiger partial charge < -0.3 is 15.3 Å². The van der Waals surface area contributed by atoms with Crippen molar-refractivity contribution in [3.05, 3.63) is 30.3 Å². The Labute approximate surface area is 116 Å². The summed E-state index contributed by atoms with van der Waals surface area (Å²) in [6, 6.07) is 0. The molecule has 0 spiro atoms. The summed E-state index contributed by atoms with van der Waals surface area (Å²) in [6.45, 7) is 3.25. The molecule has 0 atom stereocenters. The summed E-state index contributed by atoms with van der Waals surface area (Å²) in [5.74, 6) is -2.50. The molecule has 0 heterocycles. The highest BCUT2D eigenvalue weighted by atomic mass is 16.6. The van der Waals surface area contributed by atoms with E-state index in [0.717, 1.165) is 20.8 Å². The van der Waals surface area contributed by atoms with Crippen LogP contribution in [0.2, 0.25) is 0 Å². The summed E-state index contributed by atoms with van der Waals surface area (Å²) >= 11 is 0. The zero-order chi connectivity index (χ0) is 18.9. The minimum atomic E-state index is -0.833. The first-order chi connectivity index (χ1) is 9.44. The van der Waals surface area contributed by atoms with Crippen LogP contribution in [0.4, 0.5) is 0 Å². The van der Waals surface area contributed by atoms with Gasteiger partial charge in [0.2, 0.25) is 0 Å². The van der Waals surface area contributed by atoms with E-state index in [4.69, 9.17) is 60.0 Å². The van der Waals surface area contributed by atoms with Crippen molar-refractivity contribution < 1.29 is 45.7 Å². The van der Waals surface area contributed by atoms with Crippen molar-refractivity contribution in [2.75, 3.05) is 0 Å². The van der Waals surface area contributed by atoms with Crippen molar-refractivity contribution in [1.82, 2.24) is 0 Å². The van der Waals surface area contributed by atoms with E-state index < -0.39 is 17.9 Å². The number of carboxylic acid groups (broad SMARTS) is 3. The first-order valence-electron chi connectivity index (χ1n) is 4.01. The minimum absolute atomic E-state index is 0.250. The van der Waals surface area contributed by atoms with Crippen molar-refractivity contribution in [3.63, 3.8) is 0 Å². The summed E-state index contributed by atoms with van der Waals surface area (Å²) in [7, 11) is 0. The third-order valence-corrected chi connectivity index (χ3v) is 0. The van der Waals surface area contributed by atoms with Crippen LogP contribution in [-0.2, 0) is 14.4 Å². The summed E-state index contributed by atoms with van der Waals surface area (Å²) in [6.07, 6.45) is 0. The van der Waals surface area contributed by atoms with Gasteiger partial charge in [0, 0.05) is 36.8 Å². The zero-order valence-corrected chi connectivity index (χ0v) is 11.0. The Morgan fingerprint density at radius 2 is 0.619 bits per heavy atom. The molecule has 0 aliphatic rings. The standard InChI is InChI=1S/3C2H4O2.3HNO2/c3*1-2(3)4;3*2-1-3/h3*1H3,(H,3,4);3*1H. The molecular formula is C6H15N3O12. The maximum Gasteiger partial charge on any atom is 0.300 e. The lowest BCUT2D eigenvalue weighted by molar-refractivity contribution is -0.399. The van der Waals surface area contributed by atoms with Crippen molar-refractivity contribution in [1.29, 1.82) is 0 Å². The van der Waals surface area contributed by atoms with Crippen LogP contribution in [0, 0.1) is 30.3 Å². The van der Waals surface area contributed by atoms with Gasteiger partial charge >= 0.3 is 0 Å². The topological polar surface area (TPSA) is 274 Å². The Bertz CT molecular complexity index is 213. The lowest BCUT2D eigenvalue weighted by Crippen LogP contribution is -2.53. The summed E-state index contributed by atoms with van der Waals surface area (Å²) in [5, 5.41) is 47.4. The van der Waals surface area contributed by atoms with Gasteiger partial charge in [-0.05, 0) is 0 Å². The second kappa shape index (κ2) is 54.6. The van der Waals surface area contributed by atoms with E-state index >= 15 is 0 Å². The van der Waals surface area contributed by atoms with E-state index in [1.165, 1.54) is 0 Å². The average molecular weight is 321 g/mol. The van der Waals surface area contributed by atoms with Gasteiger partial charge in [0.15, 0.2) is 0 Å². The molecule has 0 unspecified atom stereocenters. The molecule has 0 fully saturated rings. The zero-order valence-electron chi connectivity index (χ0n) is 11.0. The Hall–Kier alpha value is -3.39. The third kappa shape index (κ3) is 309. The first-order valence-corrected chi connectivity index (χ1v) is 4.01. The molecule has 0 saturated heterocycles. The smallest absolute Gasteiger partial charge is 0.300 e. The van der Waals surface area contributed by atoms with Gasteiger partial charge in [-0.2, -0.15) is 0 Å². The first kappa shape index (κ1) is 36.0. The number of hydrogen-bond donors (Lipinski definition) is 6. The predicted octanol–water partition coefficient (Wildman–Crippen LogP) is -4.73. The number of aliphatic carboxylic acids is 3. The lowest BCUT2D eigenvalue weighted by Gasteiger charge is -1.59. The highest BCUT2D eigenvalue weighted by molar-refractivity contribution is 5.63. The molecule has 0 bridgehead atoms. The van der Waals surface area contributed by atoms with E-state index in [0.29, 0.717) is 0 Å². The van der Waals surface area contributed by atoms with Gasteiger partial charge in [-0.3, -0.25) is 44.7 Å². The maximum absolute atomic E-state index is 9.00. The SMILES string of the molecule is CC(=O)O.CC(=O)O.CC(=O)O.O=[NH+][O-].O=[NH+][O-].O=[NH+][O-]. The van der Waals surface area contributed by atoms with Gasteiger partial charge in [-0.25, -0.2) is 0 Å². The summed E-state index contributed by atoms with van der Waals surface area (Å²) in [5.41, 5.74) is 0. The second-order valence-corrected chi connectivity index (χ2v) is 1.81. The molecule has 126 valence electrons. The average Bonchev–Trinajstić information content (AvgIpc) is 2.16. The molecule has 0 aliphatic heterocycles. The van der Waals surface area contributed by atoms with E-state index in [-0.39, 0.29) is 16.0 Å². The fraction of sp³-hybridized carbons (Fsp3) is 0.500. The largest absolute Gasteiger partial charge is 0.481 e. The lowest BCUT2D eigenvalue weighted by atomic mass is 10.9. The van der Waals surface area contributed by atoms with Gasteiger partial charge in [0.25, 0.3) is 17.9 Å². The maximum atomic E-state index is 9.00. The predicted molar refractivity (Wildman–Crippen MR) is 63.0 cm³/mol. The van der Waals surface area contributed by atoms with Crippen LogP contribution >= 0.6 is 0 Å². The van der Waals surface area contributed by atoms with Crippen LogP contribution < -0.4 is 16.0 Å². The molecule has 0 radical (unpaired) electrons. The molecule has 0 aromatic heterocycles. The molecule has 0 aromatic rings. The number of carboxylic acids is 3. The molecule has 0 saturated carbocycles. The Balaban J connectivity index is -0.0000000324. The van der Waals surface area contributed by atoms with E-state index in [1.54, 1.807) is 0 Å².